The predicted molar refractivity (Wildman–Crippen MR) is 67.2 cm³/mol. The zero-order chi connectivity index (χ0) is 11.4. The Morgan fingerprint density at radius 2 is 2.13 bits per heavy atom. The van der Waals surface area contributed by atoms with Crippen molar-refractivity contribution in [3.05, 3.63) is 33.8 Å². The first-order valence-electron chi connectivity index (χ1n) is 4.36. The van der Waals surface area contributed by atoms with E-state index in [-0.39, 0.29) is 11.9 Å². The molecule has 0 aliphatic rings. The fourth-order valence-electron chi connectivity index (χ4n) is 0.983. The average molecular weight is 311 g/mol. The summed E-state index contributed by atoms with van der Waals surface area (Å²) in [6.07, 6.45) is 0. The van der Waals surface area contributed by atoms with E-state index < -0.39 is 0 Å². The van der Waals surface area contributed by atoms with Crippen LogP contribution in [0.15, 0.2) is 18.2 Å². The van der Waals surface area contributed by atoms with Gasteiger partial charge in [-0.1, -0.05) is 39.1 Å². The number of benzene rings is 1. The van der Waals surface area contributed by atoms with E-state index in [1.54, 1.807) is 18.2 Å². The molecule has 0 saturated carbocycles. The van der Waals surface area contributed by atoms with E-state index >= 15 is 0 Å². The Labute approximate surface area is 107 Å². The summed E-state index contributed by atoms with van der Waals surface area (Å²) in [5, 5.41) is 4.34. The van der Waals surface area contributed by atoms with Gasteiger partial charge in [-0.25, -0.2) is 0 Å². The summed E-state index contributed by atoms with van der Waals surface area (Å²) in [6, 6.07) is 4.88. The molecule has 0 saturated heterocycles. The summed E-state index contributed by atoms with van der Waals surface area (Å²) < 4.78 is 0. The molecule has 0 aliphatic carbocycles. The van der Waals surface area contributed by atoms with E-state index in [9.17, 15) is 4.79 Å². The van der Waals surface area contributed by atoms with Gasteiger partial charge in [-0.2, -0.15) is 0 Å². The van der Waals surface area contributed by atoms with Gasteiger partial charge in [0.05, 0.1) is 10.0 Å². The molecule has 0 aliphatic heterocycles. The maximum Gasteiger partial charge on any atom is 0.251 e. The van der Waals surface area contributed by atoms with Crippen LogP contribution < -0.4 is 5.32 Å². The average Bonchev–Trinajstić information content (AvgIpc) is 2.21. The lowest BCUT2D eigenvalue weighted by Gasteiger charge is -2.10. The van der Waals surface area contributed by atoms with Crippen molar-refractivity contribution in [1.29, 1.82) is 0 Å². The van der Waals surface area contributed by atoms with Gasteiger partial charge < -0.3 is 5.32 Å². The minimum absolute atomic E-state index is 0.0759. The highest BCUT2D eigenvalue weighted by molar-refractivity contribution is 9.09. The lowest BCUT2D eigenvalue weighted by Crippen LogP contribution is -2.33. The third-order valence-corrected chi connectivity index (χ3v) is 3.50. The lowest BCUT2D eigenvalue weighted by atomic mass is 10.2. The molecular weight excluding hydrogens is 301 g/mol. The van der Waals surface area contributed by atoms with Crippen molar-refractivity contribution in [1.82, 2.24) is 5.32 Å². The Bertz CT molecular complexity index is 370. The fourth-order valence-corrected chi connectivity index (χ4v) is 1.44. The number of halogens is 3. The smallest absolute Gasteiger partial charge is 0.251 e. The molecule has 5 heteroatoms. The van der Waals surface area contributed by atoms with Crippen LogP contribution in [0.1, 0.15) is 17.3 Å². The first kappa shape index (κ1) is 12.8. The van der Waals surface area contributed by atoms with Gasteiger partial charge in [-0.05, 0) is 25.1 Å². The zero-order valence-electron chi connectivity index (χ0n) is 8.06. The molecule has 0 radical (unpaired) electrons. The van der Waals surface area contributed by atoms with Crippen LogP contribution in [0.3, 0.4) is 0 Å². The maximum atomic E-state index is 11.6. The summed E-state index contributed by atoms with van der Waals surface area (Å²) in [7, 11) is 0. The highest BCUT2D eigenvalue weighted by Crippen LogP contribution is 2.22. The van der Waals surface area contributed by atoms with E-state index in [4.69, 9.17) is 23.2 Å². The van der Waals surface area contributed by atoms with Crippen molar-refractivity contribution in [2.75, 3.05) is 5.33 Å². The van der Waals surface area contributed by atoms with Gasteiger partial charge in [0.1, 0.15) is 0 Å². The Hall–Kier alpha value is -0.250. The zero-order valence-corrected chi connectivity index (χ0v) is 11.2. The first-order valence-corrected chi connectivity index (χ1v) is 6.24. The summed E-state index contributed by atoms with van der Waals surface area (Å²) in [5.74, 6) is -0.152. The largest absolute Gasteiger partial charge is 0.349 e. The van der Waals surface area contributed by atoms with E-state index in [1.165, 1.54) is 0 Å². The maximum absolute atomic E-state index is 11.6. The van der Waals surface area contributed by atoms with Crippen molar-refractivity contribution in [2.45, 2.75) is 13.0 Å². The SMILES string of the molecule is CC(CBr)NC(=O)c1ccc(Cl)c(Cl)c1. The molecule has 0 fully saturated rings. The summed E-state index contributed by atoms with van der Waals surface area (Å²) >= 11 is 14.8. The molecular formula is C10H10BrCl2NO. The van der Waals surface area contributed by atoms with Crippen molar-refractivity contribution in [3.8, 4) is 0 Å². The van der Waals surface area contributed by atoms with Gasteiger partial charge in [-0.15, -0.1) is 0 Å². The van der Waals surface area contributed by atoms with Crippen LogP contribution in [0.2, 0.25) is 10.0 Å². The molecule has 1 rings (SSSR count). The highest BCUT2D eigenvalue weighted by Gasteiger charge is 2.10. The molecule has 1 amide bonds. The summed E-state index contributed by atoms with van der Waals surface area (Å²) in [5.41, 5.74) is 0.511. The normalized spacial score (nSPS) is 12.3. The molecule has 1 unspecified atom stereocenters. The minimum Gasteiger partial charge on any atom is -0.349 e. The Kier molecular flexibility index (Phi) is 4.90. The van der Waals surface area contributed by atoms with Crippen LogP contribution in [0, 0.1) is 0 Å². The predicted octanol–water partition coefficient (Wildman–Crippen LogP) is 3.51. The monoisotopic (exact) mass is 309 g/mol. The molecule has 15 heavy (non-hydrogen) atoms. The molecule has 82 valence electrons. The second-order valence-electron chi connectivity index (χ2n) is 3.16. The number of alkyl halides is 1. The number of hydrogen-bond acceptors (Lipinski definition) is 1. The Morgan fingerprint density at radius 1 is 1.47 bits per heavy atom. The first-order chi connectivity index (χ1) is 7.04. The second kappa shape index (κ2) is 5.73. The third kappa shape index (κ3) is 3.67. The van der Waals surface area contributed by atoms with Gasteiger partial charge in [0, 0.05) is 16.9 Å². The minimum atomic E-state index is -0.152. The number of carbonyl (C=O) groups is 1. The number of amides is 1. The molecule has 0 bridgehead atoms. The quantitative estimate of drug-likeness (QED) is 0.851. The molecule has 0 spiro atoms. The number of rotatable bonds is 3. The molecule has 2 nitrogen and oxygen atoms in total. The van der Waals surface area contributed by atoms with Crippen LogP contribution in [0.4, 0.5) is 0 Å². The van der Waals surface area contributed by atoms with Gasteiger partial charge in [0.2, 0.25) is 0 Å². The molecule has 1 aromatic carbocycles. The van der Waals surface area contributed by atoms with Crippen LogP contribution >= 0.6 is 39.1 Å². The van der Waals surface area contributed by atoms with Crippen LogP contribution in [0.5, 0.6) is 0 Å². The molecule has 1 atom stereocenters. The van der Waals surface area contributed by atoms with E-state index in [2.05, 4.69) is 21.2 Å². The van der Waals surface area contributed by atoms with Crippen molar-refractivity contribution in [2.24, 2.45) is 0 Å². The van der Waals surface area contributed by atoms with Crippen molar-refractivity contribution in [3.63, 3.8) is 0 Å². The second-order valence-corrected chi connectivity index (χ2v) is 4.62. The van der Waals surface area contributed by atoms with E-state index in [1.807, 2.05) is 6.92 Å². The van der Waals surface area contributed by atoms with Gasteiger partial charge in [0.15, 0.2) is 0 Å². The number of nitrogens with one attached hydrogen (secondary N) is 1. The summed E-state index contributed by atoms with van der Waals surface area (Å²) in [6.45, 7) is 1.91. The van der Waals surface area contributed by atoms with Crippen LogP contribution in [-0.2, 0) is 0 Å². The van der Waals surface area contributed by atoms with E-state index in [0.717, 1.165) is 0 Å². The number of hydrogen-bond donors (Lipinski definition) is 1. The highest BCUT2D eigenvalue weighted by atomic mass is 79.9. The lowest BCUT2D eigenvalue weighted by molar-refractivity contribution is 0.0944. The molecule has 1 N–H and O–H groups in total. The van der Waals surface area contributed by atoms with Crippen LogP contribution in [-0.4, -0.2) is 17.3 Å². The molecule has 1 aromatic rings. The van der Waals surface area contributed by atoms with Crippen LogP contribution in [0.25, 0.3) is 0 Å². The van der Waals surface area contributed by atoms with Crippen molar-refractivity contribution >= 4 is 45.0 Å². The Balaban J connectivity index is 2.78. The molecule has 0 aromatic heterocycles. The topological polar surface area (TPSA) is 29.1 Å². The van der Waals surface area contributed by atoms with E-state index in [0.29, 0.717) is 20.9 Å². The fraction of sp³-hybridized carbons (Fsp3) is 0.300. The Morgan fingerprint density at radius 3 is 2.67 bits per heavy atom. The third-order valence-electron chi connectivity index (χ3n) is 1.79. The van der Waals surface area contributed by atoms with Crippen molar-refractivity contribution < 1.29 is 4.79 Å². The molecule has 0 heterocycles. The number of carbonyl (C=O) groups excluding carboxylic acids is 1. The van der Waals surface area contributed by atoms with Gasteiger partial charge in [0.25, 0.3) is 5.91 Å². The standard InChI is InChI=1S/C10H10BrCl2NO/c1-6(5-11)14-10(15)7-2-3-8(12)9(13)4-7/h2-4,6H,5H2,1H3,(H,14,15). The summed E-state index contributed by atoms with van der Waals surface area (Å²) in [4.78, 5) is 11.6. The van der Waals surface area contributed by atoms with Gasteiger partial charge in [-0.3, -0.25) is 4.79 Å². The van der Waals surface area contributed by atoms with Gasteiger partial charge >= 0.3 is 0 Å².